The second-order valence-corrected chi connectivity index (χ2v) is 8.31. The second-order valence-electron chi connectivity index (χ2n) is 8.31. The summed E-state index contributed by atoms with van der Waals surface area (Å²) in [5.74, 6) is 0. The third-order valence-electron chi connectivity index (χ3n) is 6.05. The van der Waals surface area contributed by atoms with Gasteiger partial charge in [-0.05, 0) is 84.8 Å². The fourth-order valence-electron chi connectivity index (χ4n) is 4.33. The molecule has 0 aromatic heterocycles. The van der Waals surface area contributed by atoms with E-state index < -0.39 is 0 Å². The smallest absolute Gasteiger partial charge is 0.0464 e. The predicted octanol–water partition coefficient (Wildman–Crippen LogP) is 8.12. The lowest BCUT2D eigenvalue weighted by Gasteiger charge is -2.26. The Morgan fingerprint density at radius 3 is 1.87 bits per heavy atom. The number of aryl methyl sites for hydroxylation is 3. The molecule has 5 rings (SSSR count). The Bertz CT molecular complexity index is 1190. The van der Waals surface area contributed by atoms with Crippen LogP contribution in [0.2, 0.25) is 0 Å². The molecule has 152 valence electrons. The van der Waals surface area contributed by atoms with Crippen LogP contribution >= 0.6 is 0 Å². The minimum absolute atomic E-state index is 1.18. The van der Waals surface area contributed by atoms with E-state index in [4.69, 9.17) is 0 Å². The van der Waals surface area contributed by atoms with E-state index in [1.807, 2.05) is 0 Å². The van der Waals surface area contributed by atoms with Crippen molar-refractivity contribution in [3.8, 4) is 0 Å². The van der Waals surface area contributed by atoms with Gasteiger partial charge in [-0.15, -0.1) is 0 Å². The van der Waals surface area contributed by atoms with Crippen molar-refractivity contribution in [2.24, 2.45) is 0 Å². The van der Waals surface area contributed by atoms with Gasteiger partial charge in [0.05, 0.1) is 0 Å². The van der Waals surface area contributed by atoms with Crippen LogP contribution in [0.25, 0.3) is 12.2 Å². The normalized spacial score (nSPS) is 12.8. The minimum atomic E-state index is 1.18. The largest absolute Gasteiger partial charge is 0.310 e. The van der Waals surface area contributed by atoms with E-state index in [0.717, 1.165) is 0 Å². The fourth-order valence-corrected chi connectivity index (χ4v) is 4.33. The van der Waals surface area contributed by atoms with Crippen molar-refractivity contribution in [2.75, 3.05) is 4.90 Å². The highest BCUT2D eigenvalue weighted by Gasteiger charge is 2.16. The number of hydrogen-bond acceptors (Lipinski definition) is 1. The van der Waals surface area contributed by atoms with Crippen LogP contribution in [0, 0.1) is 6.92 Å². The number of hydrogen-bond donors (Lipinski definition) is 0. The molecule has 0 amide bonds. The van der Waals surface area contributed by atoms with Crippen molar-refractivity contribution < 1.29 is 0 Å². The molecule has 0 unspecified atom stereocenters. The summed E-state index contributed by atoms with van der Waals surface area (Å²) in [4.78, 5) is 2.35. The monoisotopic (exact) mass is 401 g/mol. The summed E-state index contributed by atoms with van der Waals surface area (Å²) in [6, 6.07) is 35.0. The van der Waals surface area contributed by atoms with Crippen LogP contribution in [-0.4, -0.2) is 0 Å². The average molecular weight is 402 g/mol. The van der Waals surface area contributed by atoms with E-state index in [-0.39, 0.29) is 0 Å². The topological polar surface area (TPSA) is 3.24 Å². The maximum Gasteiger partial charge on any atom is 0.0464 e. The Morgan fingerprint density at radius 1 is 0.581 bits per heavy atom. The Balaban J connectivity index is 1.46. The summed E-state index contributed by atoms with van der Waals surface area (Å²) in [6.45, 7) is 2.12. The van der Waals surface area contributed by atoms with Crippen molar-refractivity contribution >= 4 is 29.2 Å². The van der Waals surface area contributed by atoms with Gasteiger partial charge in [-0.2, -0.15) is 0 Å². The van der Waals surface area contributed by atoms with E-state index in [1.165, 1.54) is 64.1 Å². The highest BCUT2D eigenvalue weighted by atomic mass is 15.1. The van der Waals surface area contributed by atoms with Gasteiger partial charge in [0.2, 0.25) is 0 Å². The third-order valence-corrected chi connectivity index (χ3v) is 6.05. The van der Waals surface area contributed by atoms with Gasteiger partial charge in [0, 0.05) is 17.1 Å². The van der Waals surface area contributed by atoms with Crippen LogP contribution in [-0.2, 0) is 12.8 Å². The van der Waals surface area contributed by atoms with Crippen molar-refractivity contribution in [1.29, 1.82) is 0 Å². The van der Waals surface area contributed by atoms with E-state index in [2.05, 4.69) is 121 Å². The first kappa shape index (κ1) is 19.4. The fraction of sp³-hybridized carbons (Fsp3) is 0.133. The molecule has 0 fully saturated rings. The van der Waals surface area contributed by atoms with Crippen LogP contribution in [0.1, 0.15) is 34.2 Å². The summed E-state index contributed by atoms with van der Waals surface area (Å²) < 4.78 is 0. The molecule has 0 bridgehead atoms. The van der Waals surface area contributed by atoms with Crippen LogP contribution in [0.5, 0.6) is 0 Å². The van der Waals surface area contributed by atoms with Gasteiger partial charge >= 0.3 is 0 Å². The summed E-state index contributed by atoms with van der Waals surface area (Å²) in [5.41, 5.74) is 10.3. The maximum atomic E-state index is 2.38. The van der Waals surface area contributed by atoms with Gasteiger partial charge in [0.15, 0.2) is 0 Å². The van der Waals surface area contributed by atoms with E-state index in [1.54, 1.807) is 0 Å². The molecular weight excluding hydrogens is 374 g/mol. The van der Waals surface area contributed by atoms with Gasteiger partial charge in [0.1, 0.15) is 0 Å². The summed E-state index contributed by atoms with van der Waals surface area (Å²) in [7, 11) is 0. The molecule has 4 aromatic rings. The molecule has 1 heteroatoms. The minimum Gasteiger partial charge on any atom is -0.310 e. The lowest BCUT2D eigenvalue weighted by atomic mass is 10.1. The number of nitrogens with zero attached hydrogens (tertiary/aromatic N) is 1. The molecule has 0 saturated carbocycles. The van der Waals surface area contributed by atoms with Crippen molar-refractivity contribution in [2.45, 2.75) is 26.2 Å². The third kappa shape index (κ3) is 4.32. The first-order valence-electron chi connectivity index (χ1n) is 11.1. The van der Waals surface area contributed by atoms with Gasteiger partial charge in [-0.25, -0.2) is 0 Å². The van der Waals surface area contributed by atoms with E-state index in [0.29, 0.717) is 0 Å². The number of benzene rings is 4. The van der Waals surface area contributed by atoms with Gasteiger partial charge in [-0.1, -0.05) is 78.4 Å². The molecule has 31 heavy (non-hydrogen) atoms. The Hall–Kier alpha value is -3.58. The van der Waals surface area contributed by atoms with Crippen LogP contribution in [0.4, 0.5) is 17.1 Å². The Morgan fingerprint density at radius 2 is 1.16 bits per heavy atom. The zero-order valence-electron chi connectivity index (χ0n) is 18.0. The molecule has 0 saturated heterocycles. The van der Waals surface area contributed by atoms with Crippen LogP contribution in [0.3, 0.4) is 0 Å². The van der Waals surface area contributed by atoms with Crippen molar-refractivity contribution in [3.05, 3.63) is 125 Å². The number of para-hydroxylation sites is 1. The second kappa shape index (κ2) is 8.65. The quantitative estimate of drug-likeness (QED) is 0.305. The predicted molar refractivity (Wildman–Crippen MR) is 133 cm³/mol. The highest BCUT2D eigenvalue weighted by Crippen LogP contribution is 2.37. The van der Waals surface area contributed by atoms with Crippen molar-refractivity contribution in [1.82, 2.24) is 0 Å². The first-order chi connectivity index (χ1) is 15.3. The molecule has 0 aliphatic heterocycles. The highest BCUT2D eigenvalue weighted by molar-refractivity contribution is 5.78. The summed E-state index contributed by atoms with van der Waals surface area (Å²) in [6.07, 6.45) is 8.02. The molecule has 1 aliphatic carbocycles. The van der Waals surface area contributed by atoms with Crippen LogP contribution in [0.15, 0.2) is 97.1 Å². The summed E-state index contributed by atoms with van der Waals surface area (Å²) >= 11 is 0. The Kier molecular flexibility index (Phi) is 5.41. The van der Waals surface area contributed by atoms with Crippen molar-refractivity contribution in [3.63, 3.8) is 0 Å². The molecule has 0 atom stereocenters. The van der Waals surface area contributed by atoms with E-state index in [9.17, 15) is 0 Å². The lowest BCUT2D eigenvalue weighted by Crippen LogP contribution is -2.10. The van der Waals surface area contributed by atoms with Gasteiger partial charge in [-0.3, -0.25) is 0 Å². The SMILES string of the molecule is Cc1ccc(/C=C/c2ccc(N(c3ccccc3)c3ccc4c(c3)CCC4)cc2)cc1. The molecule has 1 nitrogen and oxygen atoms in total. The molecule has 1 aliphatic rings. The lowest BCUT2D eigenvalue weighted by molar-refractivity contribution is 0.912. The molecule has 0 spiro atoms. The van der Waals surface area contributed by atoms with Crippen LogP contribution < -0.4 is 4.90 Å². The summed E-state index contributed by atoms with van der Waals surface area (Å²) in [5, 5.41) is 0. The zero-order chi connectivity index (χ0) is 21.0. The number of rotatable bonds is 5. The standard InChI is InChI=1S/C30H27N/c1-23-10-12-24(13-11-23)14-15-25-16-19-29(20-17-25)31(28-8-3-2-4-9-28)30-21-18-26-6-5-7-27(26)22-30/h2-4,8-22H,5-7H2,1H3/b15-14+. The molecule has 0 heterocycles. The molecule has 0 N–H and O–H groups in total. The first-order valence-corrected chi connectivity index (χ1v) is 11.1. The maximum absolute atomic E-state index is 2.38. The molecular formula is C30H27N. The van der Waals surface area contributed by atoms with Gasteiger partial charge < -0.3 is 4.90 Å². The molecule has 4 aromatic carbocycles. The van der Waals surface area contributed by atoms with Gasteiger partial charge in [0.25, 0.3) is 0 Å². The zero-order valence-corrected chi connectivity index (χ0v) is 18.0. The number of fused-ring (bicyclic) bond motifs is 1. The number of anilines is 3. The average Bonchev–Trinajstić information content (AvgIpc) is 3.29. The molecule has 0 radical (unpaired) electrons. The van der Waals surface area contributed by atoms with E-state index >= 15 is 0 Å². The Labute approximate surface area is 185 Å².